The van der Waals surface area contributed by atoms with Crippen LogP contribution in [0.5, 0.6) is 0 Å². The molecule has 1 N–H and O–H groups in total. The number of hydrogen-bond donors (Lipinski definition) is 1. The summed E-state index contributed by atoms with van der Waals surface area (Å²) >= 11 is 0. The number of piperidine rings is 1. The molecule has 1 aromatic heterocycles. The predicted octanol–water partition coefficient (Wildman–Crippen LogP) is 3.34. The van der Waals surface area contributed by atoms with Crippen LogP contribution in [0, 0.1) is 0 Å². The van der Waals surface area contributed by atoms with Crippen LogP contribution >= 0.6 is 0 Å². The van der Waals surface area contributed by atoms with E-state index < -0.39 is 0 Å². The molecule has 2 aromatic rings. The van der Waals surface area contributed by atoms with Crippen molar-refractivity contribution in [2.24, 2.45) is 0 Å². The summed E-state index contributed by atoms with van der Waals surface area (Å²) in [6.45, 7) is 6.02. The number of anilines is 1. The van der Waals surface area contributed by atoms with Crippen molar-refractivity contribution in [3.63, 3.8) is 0 Å². The van der Waals surface area contributed by atoms with Crippen molar-refractivity contribution in [3.05, 3.63) is 49.2 Å². The van der Waals surface area contributed by atoms with Crippen LogP contribution < -0.4 is 10.3 Å². The first-order valence-corrected chi connectivity index (χ1v) is 8.07. The van der Waals surface area contributed by atoms with E-state index in [-0.39, 0.29) is 6.03 Å². The second-order valence-electron chi connectivity index (χ2n) is 5.75. The zero-order chi connectivity index (χ0) is 16.1. The summed E-state index contributed by atoms with van der Waals surface area (Å²) in [5.74, 6) is 0. The van der Waals surface area contributed by atoms with E-state index in [2.05, 4.69) is 17.0 Å². The van der Waals surface area contributed by atoms with Crippen molar-refractivity contribution in [1.82, 2.24) is 15.4 Å². The van der Waals surface area contributed by atoms with Crippen molar-refractivity contribution in [2.75, 3.05) is 24.5 Å². The van der Waals surface area contributed by atoms with Crippen LogP contribution in [0.25, 0.3) is 10.9 Å². The highest BCUT2D eigenvalue weighted by molar-refractivity contribution is 5.94. The molecular formula is C18H22N4O. The summed E-state index contributed by atoms with van der Waals surface area (Å²) in [7, 11) is 0. The van der Waals surface area contributed by atoms with Crippen molar-refractivity contribution in [2.45, 2.75) is 19.3 Å². The Morgan fingerprint density at radius 2 is 2.09 bits per heavy atom. The van der Waals surface area contributed by atoms with Gasteiger partial charge in [-0.3, -0.25) is 15.3 Å². The zero-order valence-corrected chi connectivity index (χ0v) is 13.2. The van der Waals surface area contributed by atoms with Gasteiger partial charge in [0.15, 0.2) is 0 Å². The molecule has 23 heavy (non-hydrogen) atoms. The van der Waals surface area contributed by atoms with Gasteiger partial charge in [0.1, 0.15) is 0 Å². The minimum absolute atomic E-state index is 0.135. The minimum Gasteiger partial charge on any atom is -0.288 e. The molecule has 2 amide bonds. The third-order valence-electron chi connectivity index (χ3n) is 4.05. The molecule has 1 aliphatic rings. The van der Waals surface area contributed by atoms with E-state index in [1.807, 2.05) is 35.3 Å². The van der Waals surface area contributed by atoms with Crippen LogP contribution in [0.15, 0.2) is 49.2 Å². The maximum atomic E-state index is 12.6. The minimum atomic E-state index is -0.135. The van der Waals surface area contributed by atoms with Crippen LogP contribution in [-0.2, 0) is 0 Å². The second kappa shape index (κ2) is 7.24. The normalized spacial score (nSPS) is 15.3. The number of aromatic nitrogens is 1. The molecule has 0 spiro atoms. The number of para-hydroxylation sites is 1. The fraction of sp³-hybridized carbons (Fsp3) is 0.333. The van der Waals surface area contributed by atoms with Crippen LogP contribution in [0.1, 0.15) is 19.3 Å². The Kier molecular flexibility index (Phi) is 4.88. The molecule has 5 nitrogen and oxygen atoms in total. The smallest absolute Gasteiger partial charge is 0.288 e. The average molecular weight is 310 g/mol. The van der Waals surface area contributed by atoms with Crippen LogP contribution in [-0.4, -0.2) is 35.7 Å². The first-order valence-electron chi connectivity index (χ1n) is 8.07. The van der Waals surface area contributed by atoms with E-state index >= 15 is 0 Å². The van der Waals surface area contributed by atoms with Crippen LogP contribution in [0.2, 0.25) is 0 Å². The lowest BCUT2D eigenvalue weighted by Crippen LogP contribution is -2.51. The number of nitrogens with one attached hydrogen (secondary N) is 1. The first-order chi connectivity index (χ1) is 11.3. The van der Waals surface area contributed by atoms with Gasteiger partial charge in [-0.2, -0.15) is 0 Å². The molecule has 0 aliphatic carbocycles. The first kappa shape index (κ1) is 15.5. The molecule has 1 saturated heterocycles. The molecule has 1 aliphatic heterocycles. The van der Waals surface area contributed by atoms with E-state index in [1.54, 1.807) is 17.2 Å². The highest BCUT2D eigenvalue weighted by atomic mass is 16.2. The Balaban J connectivity index is 1.80. The van der Waals surface area contributed by atoms with E-state index in [1.165, 1.54) is 6.42 Å². The third-order valence-corrected chi connectivity index (χ3v) is 4.05. The van der Waals surface area contributed by atoms with E-state index in [4.69, 9.17) is 0 Å². The lowest BCUT2D eigenvalue weighted by atomic mass is 10.2. The molecule has 0 atom stereocenters. The number of urea groups is 1. The van der Waals surface area contributed by atoms with Crippen molar-refractivity contribution >= 4 is 22.6 Å². The van der Waals surface area contributed by atoms with Crippen molar-refractivity contribution < 1.29 is 4.79 Å². The maximum absolute atomic E-state index is 12.6. The molecule has 0 unspecified atom stereocenters. The SMILES string of the molecule is C=CCN(C(=O)NN1CCCCC1)c1cnc2ccccc2c1. The molecule has 0 saturated carbocycles. The van der Waals surface area contributed by atoms with E-state index in [0.717, 1.165) is 42.5 Å². The van der Waals surface area contributed by atoms with Gasteiger partial charge in [-0.25, -0.2) is 9.80 Å². The van der Waals surface area contributed by atoms with Gasteiger partial charge in [0, 0.05) is 25.0 Å². The molecule has 120 valence electrons. The lowest BCUT2D eigenvalue weighted by Gasteiger charge is -2.30. The van der Waals surface area contributed by atoms with Gasteiger partial charge < -0.3 is 0 Å². The molecule has 3 rings (SSSR count). The number of carbonyl (C=O) groups excluding carboxylic acids is 1. The monoisotopic (exact) mass is 310 g/mol. The average Bonchev–Trinajstić information content (AvgIpc) is 2.60. The number of pyridine rings is 1. The topological polar surface area (TPSA) is 48.5 Å². The van der Waals surface area contributed by atoms with Crippen molar-refractivity contribution in [1.29, 1.82) is 0 Å². The Bertz CT molecular complexity index is 694. The molecule has 1 fully saturated rings. The van der Waals surface area contributed by atoms with Gasteiger partial charge in [-0.1, -0.05) is 30.7 Å². The quantitative estimate of drug-likeness (QED) is 0.881. The molecule has 0 radical (unpaired) electrons. The summed E-state index contributed by atoms with van der Waals surface area (Å²) in [5, 5.41) is 3.01. The number of benzene rings is 1. The van der Waals surface area contributed by atoms with Crippen LogP contribution in [0.3, 0.4) is 0 Å². The number of hydrogen-bond acceptors (Lipinski definition) is 3. The molecule has 1 aromatic carbocycles. The molecule has 5 heteroatoms. The number of amides is 2. The predicted molar refractivity (Wildman–Crippen MR) is 93.2 cm³/mol. The van der Waals surface area contributed by atoms with Gasteiger partial charge in [0.05, 0.1) is 17.4 Å². The van der Waals surface area contributed by atoms with Gasteiger partial charge in [0.2, 0.25) is 0 Å². The summed E-state index contributed by atoms with van der Waals surface area (Å²) in [6, 6.07) is 9.75. The Morgan fingerprint density at radius 3 is 2.87 bits per heavy atom. The highest BCUT2D eigenvalue weighted by Crippen LogP contribution is 2.20. The fourth-order valence-electron chi connectivity index (χ4n) is 2.84. The van der Waals surface area contributed by atoms with Gasteiger partial charge in [-0.05, 0) is 25.0 Å². The van der Waals surface area contributed by atoms with E-state index in [0.29, 0.717) is 6.54 Å². The molecule has 0 bridgehead atoms. The largest absolute Gasteiger partial charge is 0.336 e. The van der Waals surface area contributed by atoms with Gasteiger partial charge >= 0.3 is 6.03 Å². The van der Waals surface area contributed by atoms with Crippen LogP contribution in [0.4, 0.5) is 10.5 Å². The third kappa shape index (κ3) is 3.68. The van der Waals surface area contributed by atoms with Crippen molar-refractivity contribution in [3.8, 4) is 0 Å². The lowest BCUT2D eigenvalue weighted by molar-refractivity contribution is 0.158. The number of rotatable bonds is 4. The van der Waals surface area contributed by atoms with Gasteiger partial charge in [0.25, 0.3) is 0 Å². The Hall–Kier alpha value is -2.40. The number of nitrogens with zero attached hydrogens (tertiary/aromatic N) is 3. The number of carbonyl (C=O) groups is 1. The highest BCUT2D eigenvalue weighted by Gasteiger charge is 2.19. The zero-order valence-electron chi connectivity index (χ0n) is 13.2. The van der Waals surface area contributed by atoms with Gasteiger partial charge in [-0.15, -0.1) is 6.58 Å². The van der Waals surface area contributed by atoms with E-state index in [9.17, 15) is 4.79 Å². The standard InChI is InChI=1S/C18H22N4O/c1-2-10-22(18(23)20-21-11-6-3-7-12-21)16-13-15-8-4-5-9-17(15)19-14-16/h2,4-5,8-9,13-14H,1,3,6-7,10-12H2,(H,20,23). The fourth-order valence-corrected chi connectivity index (χ4v) is 2.84. The number of fused-ring (bicyclic) bond motifs is 1. The summed E-state index contributed by atoms with van der Waals surface area (Å²) in [6.07, 6.45) is 6.95. The summed E-state index contributed by atoms with van der Waals surface area (Å²) in [4.78, 5) is 18.7. The second-order valence-corrected chi connectivity index (χ2v) is 5.75. The molecule has 2 heterocycles. The Labute approximate surface area is 136 Å². The summed E-state index contributed by atoms with van der Waals surface area (Å²) < 4.78 is 0. The Morgan fingerprint density at radius 1 is 1.30 bits per heavy atom. The summed E-state index contributed by atoms with van der Waals surface area (Å²) in [5.41, 5.74) is 4.69. The molecular weight excluding hydrogens is 288 g/mol. The maximum Gasteiger partial charge on any atom is 0.336 e. The number of hydrazine groups is 1.